The van der Waals surface area contributed by atoms with Crippen LogP contribution in [0.4, 0.5) is 11.6 Å². The third kappa shape index (κ3) is 2.30. The van der Waals surface area contributed by atoms with Gasteiger partial charge >= 0.3 is 0 Å². The lowest BCUT2D eigenvalue weighted by Gasteiger charge is -2.04. The molecule has 0 amide bonds. The standard InChI is InChI=1S/C10H10Cl2N4O/c1-16(2)10-14-9(17-15-10)6-3-5(11)4-7(12)8(6)13/h3-4H,13H2,1-2H3. The summed E-state index contributed by atoms with van der Waals surface area (Å²) in [6, 6.07) is 3.20. The largest absolute Gasteiger partial charge is 0.397 e. The minimum absolute atomic E-state index is 0.288. The first-order valence-corrected chi connectivity index (χ1v) is 5.50. The molecule has 0 bridgehead atoms. The van der Waals surface area contributed by atoms with Crippen molar-refractivity contribution in [2.45, 2.75) is 0 Å². The van der Waals surface area contributed by atoms with E-state index in [2.05, 4.69) is 10.1 Å². The molecule has 0 unspecified atom stereocenters. The summed E-state index contributed by atoms with van der Waals surface area (Å²) in [6.45, 7) is 0. The van der Waals surface area contributed by atoms with E-state index in [1.54, 1.807) is 17.0 Å². The molecule has 2 N–H and O–H groups in total. The van der Waals surface area contributed by atoms with Crippen LogP contribution in [0.3, 0.4) is 0 Å². The summed E-state index contributed by atoms with van der Waals surface area (Å²) >= 11 is 11.8. The van der Waals surface area contributed by atoms with Crippen LogP contribution in [0.15, 0.2) is 16.7 Å². The fraction of sp³-hybridized carbons (Fsp3) is 0.200. The third-order valence-corrected chi connectivity index (χ3v) is 2.67. The van der Waals surface area contributed by atoms with E-state index < -0.39 is 0 Å². The highest BCUT2D eigenvalue weighted by Crippen LogP contribution is 2.34. The molecule has 2 rings (SSSR count). The molecular formula is C10H10Cl2N4O. The summed E-state index contributed by atoms with van der Waals surface area (Å²) in [4.78, 5) is 5.89. The van der Waals surface area contributed by atoms with Crippen molar-refractivity contribution in [1.82, 2.24) is 10.1 Å². The van der Waals surface area contributed by atoms with Crippen LogP contribution in [0.5, 0.6) is 0 Å². The first-order valence-electron chi connectivity index (χ1n) is 4.75. The van der Waals surface area contributed by atoms with Gasteiger partial charge in [0.15, 0.2) is 0 Å². The van der Waals surface area contributed by atoms with Crippen molar-refractivity contribution >= 4 is 34.8 Å². The van der Waals surface area contributed by atoms with Crippen LogP contribution in [0.1, 0.15) is 0 Å². The monoisotopic (exact) mass is 272 g/mol. The highest BCUT2D eigenvalue weighted by molar-refractivity contribution is 6.37. The lowest BCUT2D eigenvalue weighted by Crippen LogP contribution is -2.10. The molecule has 2 aromatic rings. The number of halogens is 2. The zero-order valence-electron chi connectivity index (χ0n) is 9.24. The van der Waals surface area contributed by atoms with Crippen LogP contribution in [0, 0.1) is 0 Å². The van der Waals surface area contributed by atoms with Gasteiger partial charge in [-0.3, -0.25) is 0 Å². The molecule has 5 nitrogen and oxygen atoms in total. The lowest BCUT2D eigenvalue weighted by atomic mass is 10.2. The highest BCUT2D eigenvalue weighted by Gasteiger charge is 2.15. The van der Waals surface area contributed by atoms with Crippen molar-refractivity contribution in [3.8, 4) is 11.5 Å². The Morgan fingerprint density at radius 2 is 2.00 bits per heavy atom. The van der Waals surface area contributed by atoms with Crippen LogP contribution in [-0.2, 0) is 0 Å². The SMILES string of the molecule is CN(C)c1noc(-c2cc(Cl)cc(Cl)c2N)n1. The van der Waals surface area contributed by atoms with E-state index in [-0.39, 0.29) is 5.89 Å². The zero-order valence-corrected chi connectivity index (χ0v) is 10.7. The lowest BCUT2D eigenvalue weighted by molar-refractivity contribution is 0.431. The van der Waals surface area contributed by atoms with Gasteiger partial charge in [0.05, 0.1) is 16.3 Å². The summed E-state index contributed by atoms with van der Waals surface area (Å²) in [5.74, 6) is 0.742. The van der Waals surface area contributed by atoms with Gasteiger partial charge in [0.2, 0.25) is 0 Å². The van der Waals surface area contributed by atoms with Crippen molar-refractivity contribution in [2.75, 3.05) is 24.7 Å². The number of benzene rings is 1. The van der Waals surface area contributed by atoms with Crippen molar-refractivity contribution in [3.05, 3.63) is 22.2 Å². The summed E-state index contributed by atoms with van der Waals surface area (Å²) in [5.41, 5.74) is 6.73. The predicted octanol–water partition coefficient (Wildman–Crippen LogP) is 2.69. The molecule has 0 atom stereocenters. The van der Waals surface area contributed by atoms with Crippen molar-refractivity contribution in [3.63, 3.8) is 0 Å². The molecule has 0 aliphatic carbocycles. The number of hydrogen-bond donors (Lipinski definition) is 1. The van der Waals surface area contributed by atoms with E-state index in [9.17, 15) is 0 Å². The smallest absolute Gasteiger partial charge is 0.265 e. The maximum Gasteiger partial charge on any atom is 0.265 e. The van der Waals surface area contributed by atoms with E-state index in [0.717, 1.165) is 0 Å². The van der Waals surface area contributed by atoms with Crippen LogP contribution in [0.25, 0.3) is 11.5 Å². The topological polar surface area (TPSA) is 68.2 Å². The van der Waals surface area contributed by atoms with Gasteiger partial charge < -0.3 is 15.2 Å². The van der Waals surface area contributed by atoms with Crippen LogP contribution >= 0.6 is 23.2 Å². The Morgan fingerprint density at radius 3 is 2.59 bits per heavy atom. The van der Waals surface area contributed by atoms with E-state index >= 15 is 0 Å². The second kappa shape index (κ2) is 4.43. The average Bonchev–Trinajstić information content (AvgIpc) is 2.72. The van der Waals surface area contributed by atoms with E-state index in [0.29, 0.717) is 27.2 Å². The molecule has 90 valence electrons. The molecule has 0 aliphatic rings. The number of nitrogens with two attached hydrogens (primary N) is 1. The van der Waals surface area contributed by atoms with Crippen LogP contribution < -0.4 is 10.6 Å². The first-order chi connectivity index (χ1) is 7.99. The summed E-state index contributed by atoms with van der Waals surface area (Å²) in [5, 5.41) is 4.61. The molecule has 1 aromatic carbocycles. The van der Waals surface area contributed by atoms with Gasteiger partial charge in [-0.1, -0.05) is 23.2 Å². The minimum Gasteiger partial charge on any atom is -0.397 e. The van der Waals surface area contributed by atoms with Gasteiger partial charge in [-0.05, 0) is 17.3 Å². The second-order valence-electron chi connectivity index (χ2n) is 3.64. The number of rotatable bonds is 2. The number of hydrogen-bond acceptors (Lipinski definition) is 5. The number of aromatic nitrogens is 2. The zero-order chi connectivity index (χ0) is 12.6. The Hall–Kier alpha value is -1.46. The summed E-state index contributed by atoms with van der Waals surface area (Å²) < 4.78 is 5.10. The number of nitrogen functional groups attached to an aromatic ring is 1. The fourth-order valence-electron chi connectivity index (χ4n) is 1.27. The first kappa shape index (κ1) is 12.0. The molecule has 0 radical (unpaired) electrons. The average molecular weight is 273 g/mol. The molecule has 7 heteroatoms. The Bertz CT molecular complexity index is 553. The predicted molar refractivity (Wildman–Crippen MR) is 68.5 cm³/mol. The minimum atomic E-state index is 0.288. The van der Waals surface area contributed by atoms with Gasteiger partial charge in [-0.15, -0.1) is 0 Å². The van der Waals surface area contributed by atoms with Gasteiger partial charge in [0.25, 0.3) is 11.8 Å². The number of anilines is 2. The normalized spacial score (nSPS) is 10.6. The molecular weight excluding hydrogens is 263 g/mol. The highest BCUT2D eigenvalue weighted by atomic mass is 35.5. The number of nitrogens with zero attached hydrogens (tertiary/aromatic N) is 3. The maximum atomic E-state index is 5.93. The molecule has 0 aliphatic heterocycles. The van der Waals surface area contributed by atoms with Crippen LogP contribution in [0.2, 0.25) is 10.0 Å². The van der Waals surface area contributed by atoms with Gasteiger partial charge in [-0.25, -0.2) is 0 Å². The Balaban J connectivity index is 2.52. The van der Waals surface area contributed by atoms with E-state index in [1.807, 2.05) is 14.1 Å². The summed E-state index contributed by atoms with van der Waals surface area (Å²) in [7, 11) is 3.62. The third-order valence-electron chi connectivity index (χ3n) is 2.14. The Labute approximate surface area is 108 Å². The quantitative estimate of drug-likeness (QED) is 0.852. The molecule has 0 fully saturated rings. The van der Waals surface area contributed by atoms with E-state index in [1.165, 1.54) is 0 Å². The second-order valence-corrected chi connectivity index (χ2v) is 4.49. The molecule has 17 heavy (non-hydrogen) atoms. The van der Waals surface area contributed by atoms with Gasteiger partial charge in [0.1, 0.15) is 0 Å². The molecule has 1 aromatic heterocycles. The van der Waals surface area contributed by atoms with Crippen molar-refractivity contribution in [2.24, 2.45) is 0 Å². The molecule has 0 saturated heterocycles. The van der Waals surface area contributed by atoms with Crippen molar-refractivity contribution in [1.29, 1.82) is 0 Å². The Morgan fingerprint density at radius 1 is 1.29 bits per heavy atom. The van der Waals surface area contributed by atoms with Gasteiger partial charge in [-0.2, -0.15) is 4.98 Å². The van der Waals surface area contributed by atoms with Crippen molar-refractivity contribution < 1.29 is 4.52 Å². The molecule has 0 spiro atoms. The molecule has 0 saturated carbocycles. The fourth-order valence-corrected chi connectivity index (χ4v) is 1.76. The summed E-state index contributed by atoms with van der Waals surface area (Å²) in [6.07, 6.45) is 0. The maximum absolute atomic E-state index is 5.93. The Kier molecular flexibility index (Phi) is 3.13. The molecule has 1 heterocycles. The van der Waals surface area contributed by atoms with Crippen LogP contribution in [-0.4, -0.2) is 24.2 Å². The van der Waals surface area contributed by atoms with Gasteiger partial charge in [0, 0.05) is 19.1 Å². The van der Waals surface area contributed by atoms with E-state index in [4.69, 9.17) is 33.5 Å².